The summed E-state index contributed by atoms with van der Waals surface area (Å²) < 4.78 is 56.3. The Balaban J connectivity index is 0.876. The molecule has 0 radical (unpaired) electrons. The summed E-state index contributed by atoms with van der Waals surface area (Å²) in [5, 5.41) is 11.4. The molecule has 6 aromatic rings. The number of aryl methyl sites for hydroxylation is 1. The summed E-state index contributed by atoms with van der Waals surface area (Å²) in [5.74, 6) is 5.80. The molecule has 14 heteroatoms. The van der Waals surface area contributed by atoms with Crippen molar-refractivity contribution in [3.05, 3.63) is 114 Å². The number of nitrogens with one attached hydrogen (secondary N) is 3. The number of nitrogen functional groups attached to an aromatic ring is 1. The zero-order valence-corrected chi connectivity index (χ0v) is 33.8. The normalized spacial score (nSPS) is 14.3. The zero-order valence-electron chi connectivity index (χ0n) is 33.0. The smallest absolute Gasteiger partial charge is 0.406 e. The van der Waals surface area contributed by atoms with Crippen LogP contribution in [0.4, 0.5) is 30.2 Å². The number of halogens is 3. The number of likely N-dealkylation sites (tertiary alicyclic amines) is 1. The van der Waals surface area contributed by atoms with Crippen LogP contribution in [0.15, 0.2) is 102 Å². The fourth-order valence-corrected chi connectivity index (χ4v) is 8.06. The summed E-state index contributed by atoms with van der Waals surface area (Å²) in [6.07, 6.45) is 5.47. The van der Waals surface area contributed by atoms with Crippen molar-refractivity contribution in [2.45, 2.75) is 62.3 Å². The fourth-order valence-electron chi connectivity index (χ4n) is 7.54. The van der Waals surface area contributed by atoms with Gasteiger partial charge in [0.1, 0.15) is 18.4 Å². The molecule has 59 heavy (non-hydrogen) atoms. The molecular formula is C45H49F3N8O2S. The number of piperidine rings is 1. The molecule has 3 aromatic carbocycles. The Morgan fingerprint density at radius 2 is 1.76 bits per heavy atom. The summed E-state index contributed by atoms with van der Waals surface area (Å²) in [6.45, 7) is 3.32. The van der Waals surface area contributed by atoms with Crippen molar-refractivity contribution in [1.29, 1.82) is 0 Å². The van der Waals surface area contributed by atoms with Gasteiger partial charge in [0, 0.05) is 72.4 Å². The second kappa shape index (κ2) is 19.0. The molecule has 5 N–H and O–H groups in total. The second-order valence-electron chi connectivity index (χ2n) is 15.0. The summed E-state index contributed by atoms with van der Waals surface area (Å²) in [5.41, 5.74) is 11.4. The van der Waals surface area contributed by atoms with E-state index in [4.69, 9.17) is 5.73 Å². The highest BCUT2D eigenvalue weighted by molar-refractivity contribution is 7.90. The second-order valence-corrected chi connectivity index (χ2v) is 16.3. The van der Waals surface area contributed by atoms with E-state index in [1.165, 1.54) is 4.57 Å². The van der Waals surface area contributed by atoms with Crippen LogP contribution < -0.4 is 21.7 Å². The molecule has 0 aliphatic carbocycles. The lowest BCUT2D eigenvalue weighted by Crippen LogP contribution is -2.39. The number of nitrogens with two attached hydrogens (primary N) is 1. The fraction of sp³-hybridized carbons (Fsp3) is 0.333. The minimum Gasteiger partial charge on any atom is -0.612 e. The third-order valence-corrected chi connectivity index (χ3v) is 11.6. The molecule has 0 spiro atoms. The van der Waals surface area contributed by atoms with Gasteiger partial charge in [-0.2, -0.15) is 13.2 Å². The topological polar surface area (TPSA) is 128 Å². The van der Waals surface area contributed by atoms with Gasteiger partial charge in [0.25, 0.3) is 5.91 Å². The maximum Gasteiger partial charge on any atom is 0.406 e. The molecule has 1 amide bonds. The van der Waals surface area contributed by atoms with E-state index in [1.807, 2.05) is 48.7 Å². The molecule has 1 atom stereocenters. The number of hydrogen-bond acceptors (Lipinski definition) is 7. The number of carbonyl (C=O) groups excluding carboxylic acids is 1. The third-order valence-electron chi connectivity index (χ3n) is 10.7. The molecule has 308 valence electrons. The Hall–Kier alpha value is -5.62. The van der Waals surface area contributed by atoms with Gasteiger partial charge in [0.05, 0.1) is 23.3 Å². The first kappa shape index (κ1) is 41.5. The minimum atomic E-state index is -4.41. The molecule has 3 aromatic heterocycles. The van der Waals surface area contributed by atoms with Crippen molar-refractivity contribution in [2.24, 2.45) is 0 Å². The summed E-state index contributed by atoms with van der Waals surface area (Å²) >= 11 is -1.08. The monoisotopic (exact) mass is 822 g/mol. The molecule has 0 saturated carbocycles. The first-order chi connectivity index (χ1) is 28.5. The molecule has 0 bridgehead atoms. The van der Waals surface area contributed by atoms with E-state index < -0.39 is 23.9 Å². The van der Waals surface area contributed by atoms with Gasteiger partial charge in [-0.05, 0) is 128 Å². The van der Waals surface area contributed by atoms with Crippen molar-refractivity contribution in [3.8, 4) is 11.8 Å². The Morgan fingerprint density at radius 3 is 2.51 bits per heavy atom. The molecule has 7 rings (SSSR count). The average Bonchev–Trinajstić information content (AvgIpc) is 3.79. The van der Waals surface area contributed by atoms with E-state index in [-0.39, 0.29) is 18.5 Å². The number of nitrogens with zero attached hydrogens (tertiary/aromatic N) is 4. The maximum absolute atomic E-state index is 13.8. The number of pyridine rings is 1. The molecule has 1 aliphatic rings. The lowest BCUT2D eigenvalue weighted by atomic mass is 10.0. The SMILES string of the molecule is C[S+]([O-])c1ccc(NCC#Cc2cc3c(NC4CCN(CCCCn5ccc6cc(C(=O)NCCc7ccc(N)cc7)cnc65)CC4)cccc3n2CC(F)(F)F)cc1. The number of rotatable bonds is 15. The summed E-state index contributed by atoms with van der Waals surface area (Å²) in [4.78, 5) is 20.6. The van der Waals surface area contributed by atoms with Crippen LogP contribution in [0.5, 0.6) is 0 Å². The number of hydrogen-bond donors (Lipinski definition) is 4. The van der Waals surface area contributed by atoms with Crippen LogP contribution in [0.25, 0.3) is 21.9 Å². The van der Waals surface area contributed by atoms with Gasteiger partial charge in [-0.15, -0.1) is 0 Å². The lowest BCUT2D eigenvalue weighted by Gasteiger charge is -2.33. The first-order valence-electron chi connectivity index (χ1n) is 19.9. The lowest BCUT2D eigenvalue weighted by molar-refractivity contribution is -0.140. The van der Waals surface area contributed by atoms with Crippen LogP contribution in [0.1, 0.15) is 47.3 Å². The van der Waals surface area contributed by atoms with Gasteiger partial charge >= 0.3 is 6.18 Å². The Morgan fingerprint density at radius 1 is 1.00 bits per heavy atom. The van der Waals surface area contributed by atoms with Crippen LogP contribution in [0, 0.1) is 11.8 Å². The number of unbranched alkanes of at least 4 members (excludes halogenated alkanes) is 1. The van der Waals surface area contributed by atoms with E-state index >= 15 is 0 Å². The van der Waals surface area contributed by atoms with Crippen LogP contribution in [0.2, 0.25) is 0 Å². The van der Waals surface area contributed by atoms with Crippen molar-refractivity contribution in [2.75, 3.05) is 55.3 Å². The summed E-state index contributed by atoms with van der Waals surface area (Å²) in [6, 6.07) is 26.1. The maximum atomic E-state index is 13.8. The molecular weight excluding hydrogens is 774 g/mol. The minimum absolute atomic E-state index is 0.143. The van der Waals surface area contributed by atoms with E-state index in [0.717, 1.165) is 97.3 Å². The van der Waals surface area contributed by atoms with E-state index in [2.05, 4.69) is 42.2 Å². The summed E-state index contributed by atoms with van der Waals surface area (Å²) in [7, 11) is 0. The molecule has 1 fully saturated rings. The van der Waals surface area contributed by atoms with E-state index in [9.17, 15) is 22.5 Å². The average molecular weight is 823 g/mol. The third kappa shape index (κ3) is 11.1. The highest BCUT2D eigenvalue weighted by Crippen LogP contribution is 2.31. The Labute approximate surface area is 345 Å². The highest BCUT2D eigenvalue weighted by Gasteiger charge is 2.30. The van der Waals surface area contributed by atoms with Crippen LogP contribution in [-0.4, -0.2) is 80.7 Å². The predicted octanol–water partition coefficient (Wildman–Crippen LogP) is 7.67. The van der Waals surface area contributed by atoms with Gasteiger partial charge in [-0.25, -0.2) is 4.98 Å². The molecule has 1 saturated heterocycles. The van der Waals surface area contributed by atoms with Crippen molar-refractivity contribution in [3.63, 3.8) is 0 Å². The number of carbonyl (C=O) groups is 1. The van der Waals surface area contributed by atoms with Crippen molar-refractivity contribution < 1.29 is 22.5 Å². The molecule has 1 aliphatic heterocycles. The molecule has 4 heterocycles. The zero-order chi connectivity index (χ0) is 41.4. The van der Waals surface area contributed by atoms with Crippen LogP contribution in [-0.2, 0) is 30.7 Å². The van der Waals surface area contributed by atoms with E-state index in [1.54, 1.807) is 54.9 Å². The number of aromatic nitrogens is 3. The highest BCUT2D eigenvalue weighted by atomic mass is 32.2. The quantitative estimate of drug-likeness (QED) is 0.0363. The number of fused-ring (bicyclic) bond motifs is 2. The Bertz CT molecular complexity index is 2410. The van der Waals surface area contributed by atoms with Crippen molar-refractivity contribution in [1.82, 2.24) is 24.3 Å². The van der Waals surface area contributed by atoms with Gasteiger partial charge in [0.15, 0.2) is 4.90 Å². The van der Waals surface area contributed by atoms with Gasteiger partial charge in [-0.3, -0.25) is 4.79 Å². The number of amides is 1. The molecule has 1 unspecified atom stereocenters. The molecule has 10 nitrogen and oxygen atoms in total. The largest absolute Gasteiger partial charge is 0.612 e. The van der Waals surface area contributed by atoms with Crippen LogP contribution >= 0.6 is 0 Å². The Kier molecular flexibility index (Phi) is 13.4. The number of benzene rings is 3. The van der Waals surface area contributed by atoms with E-state index in [0.29, 0.717) is 28.2 Å². The van der Waals surface area contributed by atoms with Crippen molar-refractivity contribution >= 4 is 56.1 Å². The number of alkyl halides is 3. The van der Waals surface area contributed by atoms with Gasteiger partial charge in [-0.1, -0.05) is 24.1 Å². The van der Waals surface area contributed by atoms with Crippen LogP contribution in [0.3, 0.4) is 0 Å². The van der Waals surface area contributed by atoms with Gasteiger partial charge in [0.2, 0.25) is 0 Å². The first-order valence-corrected chi connectivity index (χ1v) is 21.5. The van der Waals surface area contributed by atoms with Gasteiger partial charge < -0.3 is 40.3 Å². The number of anilines is 3. The standard InChI is InChI=1S/C45H49F3N8O2S/c1-59(58)39-15-13-36(14-16-39)50-21-5-6-38-29-40-41(7-4-8-42(40)56(38)31-45(46,47)48)53-37-19-25-54(26-20-37)23-2-3-24-55-27-18-33-28-34(30-52-43(33)55)44(57)51-22-17-32-9-11-35(49)12-10-32/h4,7-16,18,27-30,37,50,53H,2-3,17,19-26,31,49H2,1H3,(H,51,57). The predicted molar refractivity (Wildman–Crippen MR) is 231 cm³/mol.